The summed E-state index contributed by atoms with van der Waals surface area (Å²) >= 11 is 1.47. The number of rotatable bonds is 2. The number of carbonyl (C=O) groups excluding carboxylic acids is 2. The van der Waals surface area contributed by atoms with Crippen LogP contribution in [0.5, 0.6) is 5.75 Å². The third-order valence-electron chi connectivity index (χ3n) is 4.13. The van der Waals surface area contributed by atoms with Gasteiger partial charge in [0.2, 0.25) is 5.91 Å². The normalized spacial score (nSPS) is 19.1. The Morgan fingerprint density at radius 3 is 2.78 bits per heavy atom. The molecule has 1 aromatic carbocycles. The fourth-order valence-electron chi connectivity index (χ4n) is 3.07. The van der Waals surface area contributed by atoms with Crippen LogP contribution >= 0.6 is 11.8 Å². The first-order valence-electron chi connectivity index (χ1n) is 7.50. The molecule has 0 fully saturated rings. The lowest BCUT2D eigenvalue weighted by Crippen LogP contribution is -2.59. The van der Waals surface area contributed by atoms with Gasteiger partial charge in [0.05, 0.1) is 17.6 Å². The number of nitrogens with zero attached hydrogens (tertiary/aromatic N) is 1. The van der Waals surface area contributed by atoms with Crippen molar-refractivity contribution in [3.8, 4) is 5.75 Å². The molecule has 5 nitrogen and oxygen atoms in total. The quantitative estimate of drug-likeness (QED) is 0.904. The molecule has 2 aliphatic heterocycles. The van der Waals surface area contributed by atoms with Gasteiger partial charge in [0.25, 0.3) is 5.91 Å². The second-order valence-corrected chi connectivity index (χ2v) is 7.54. The summed E-state index contributed by atoms with van der Waals surface area (Å²) in [6.45, 7) is 5.36. The zero-order valence-corrected chi connectivity index (χ0v) is 14.5. The van der Waals surface area contributed by atoms with Crippen LogP contribution in [0.2, 0.25) is 0 Å². The maximum Gasteiger partial charge on any atom is 0.279 e. The Morgan fingerprint density at radius 2 is 2.13 bits per heavy atom. The Kier molecular flexibility index (Phi) is 3.88. The third-order valence-corrected chi connectivity index (χ3v) is 5.40. The molecule has 23 heavy (non-hydrogen) atoms. The molecule has 0 radical (unpaired) electrons. The number of thioether (sulfide) groups is 1. The van der Waals surface area contributed by atoms with Gasteiger partial charge in [0.1, 0.15) is 5.75 Å². The van der Waals surface area contributed by atoms with Gasteiger partial charge in [-0.05, 0) is 50.0 Å². The zero-order chi connectivity index (χ0) is 16.8. The van der Waals surface area contributed by atoms with Crippen LogP contribution in [-0.4, -0.2) is 29.5 Å². The molecule has 0 unspecified atom stereocenters. The summed E-state index contributed by atoms with van der Waals surface area (Å²) in [4.78, 5) is 26.1. The molecule has 2 amide bonds. The minimum absolute atomic E-state index is 0.134. The third kappa shape index (κ3) is 2.83. The van der Waals surface area contributed by atoms with E-state index in [1.54, 1.807) is 7.11 Å². The molecule has 2 heterocycles. The minimum atomic E-state index is -0.438. The second kappa shape index (κ2) is 5.60. The first-order valence-corrected chi connectivity index (χ1v) is 8.32. The molecule has 0 saturated carbocycles. The molecule has 0 atom stereocenters. The fraction of sp³-hybridized carbons (Fsp3) is 0.412. The fourth-order valence-corrected chi connectivity index (χ4v) is 4.20. The number of ether oxygens (including phenoxy) is 1. The van der Waals surface area contributed by atoms with Crippen molar-refractivity contribution in [2.75, 3.05) is 7.11 Å². The molecule has 1 aromatic rings. The number of fused-ring (bicyclic) bond motifs is 1. The predicted octanol–water partition coefficient (Wildman–Crippen LogP) is 2.66. The summed E-state index contributed by atoms with van der Waals surface area (Å²) in [6, 6.07) is 5.96. The average Bonchev–Trinajstić information content (AvgIpc) is 2.49. The van der Waals surface area contributed by atoms with Gasteiger partial charge in [-0.1, -0.05) is 17.8 Å². The average molecular weight is 332 g/mol. The van der Waals surface area contributed by atoms with Crippen molar-refractivity contribution < 1.29 is 14.3 Å². The summed E-state index contributed by atoms with van der Waals surface area (Å²) in [5.74, 6) is 0.408. The Morgan fingerprint density at radius 1 is 1.39 bits per heavy atom. The molecule has 6 heteroatoms. The van der Waals surface area contributed by atoms with Crippen molar-refractivity contribution in [1.29, 1.82) is 0 Å². The van der Waals surface area contributed by atoms with Gasteiger partial charge in [-0.15, -0.1) is 0 Å². The van der Waals surface area contributed by atoms with Crippen LogP contribution in [0, 0.1) is 0 Å². The van der Waals surface area contributed by atoms with E-state index in [9.17, 15) is 9.59 Å². The largest absolute Gasteiger partial charge is 0.497 e. The van der Waals surface area contributed by atoms with Crippen LogP contribution in [0.25, 0.3) is 0 Å². The van der Waals surface area contributed by atoms with E-state index in [1.807, 2.05) is 26.0 Å². The van der Waals surface area contributed by atoms with E-state index >= 15 is 0 Å². The molecule has 0 saturated heterocycles. The van der Waals surface area contributed by atoms with Crippen LogP contribution in [-0.2, 0) is 16.0 Å². The van der Waals surface area contributed by atoms with Gasteiger partial charge >= 0.3 is 0 Å². The van der Waals surface area contributed by atoms with Crippen molar-refractivity contribution in [1.82, 2.24) is 10.4 Å². The lowest BCUT2D eigenvalue weighted by Gasteiger charge is -2.44. The van der Waals surface area contributed by atoms with Crippen molar-refractivity contribution in [2.45, 2.75) is 44.0 Å². The van der Waals surface area contributed by atoms with Crippen molar-refractivity contribution >= 4 is 23.6 Å². The van der Waals surface area contributed by atoms with E-state index in [0.29, 0.717) is 0 Å². The monoisotopic (exact) mass is 332 g/mol. The first kappa shape index (κ1) is 15.9. The van der Waals surface area contributed by atoms with E-state index in [-0.39, 0.29) is 11.8 Å². The van der Waals surface area contributed by atoms with Gasteiger partial charge < -0.3 is 4.74 Å². The van der Waals surface area contributed by atoms with Crippen LogP contribution in [0.4, 0.5) is 0 Å². The van der Waals surface area contributed by atoms with Gasteiger partial charge in [0.15, 0.2) is 0 Å². The smallest absolute Gasteiger partial charge is 0.279 e. The number of benzene rings is 1. The van der Waals surface area contributed by atoms with Crippen molar-refractivity contribution in [3.63, 3.8) is 0 Å². The van der Waals surface area contributed by atoms with Gasteiger partial charge in [-0.3, -0.25) is 15.0 Å². The SMILES string of the molecule is COc1ccc2c(c1)SC1=C(C2)CC(C)(C)N(NC(C)=O)C1=O. The van der Waals surface area contributed by atoms with E-state index < -0.39 is 5.54 Å². The summed E-state index contributed by atoms with van der Waals surface area (Å²) in [5.41, 5.74) is 4.59. The van der Waals surface area contributed by atoms with Crippen LogP contribution in [0.15, 0.2) is 33.6 Å². The Hall–Kier alpha value is -1.95. The van der Waals surface area contributed by atoms with Crippen LogP contribution in [0.1, 0.15) is 32.8 Å². The standard InChI is InChI=1S/C17H20N2O3S/c1-10(20)18-19-16(21)15-12(9-17(19,2)3)7-11-5-6-13(22-4)8-14(11)23-15/h5-6,8H,7,9H2,1-4H3,(H,18,20). The molecule has 122 valence electrons. The number of methoxy groups -OCH3 is 1. The molecular formula is C17H20N2O3S. The topological polar surface area (TPSA) is 58.6 Å². The number of hydrogen-bond donors (Lipinski definition) is 1. The highest BCUT2D eigenvalue weighted by molar-refractivity contribution is 8.04. The van der Waals surface area contributed by atoms with E-state index in [0.717, 1.165) is 34.0 Å². The number of carbonyl (C=O) groups is 2. The lowest BCUT2D eigenvalue weighted by molar-refractivity contribution is -0.144. The molecule has 0 bridgehead atoms. The maximum absolute atomic E-state index is 12.9. The molecule has 0 aliphatic carbocycles. The lowest BCUT2D eigenvalue weighted by atomic mass is 9.86. The Bertz CT molecular complexity index is 725. The molecular weight excluding hydrogens is 312 g/mol. The highest BCUT2D eigenvalue weighted by atomic mass is 32.2. The Balaban J connectivity index is 1.97. The minimum Gasteiger partial charge on any atom is -0.497 e. The van der Waals surface area contributed by atoms with Crippen LogP contribution < -0.4 is 10.2 Å². The number of amides is 2. The highest BCUT2D eigenvalue weighted by Gasteiger charge is 2.42. The summed E-state index contributed by atoms with van der Waals surface area (Å²) < 4.78 is 5.27. The molecule has 3 rings (SSSR count). The van der Waals surface area contributed by atoms with Gasteiger partial charge in [-0.2, -0.15) is 0 Å². The van der Waals surface area contributed by atoms with E-state index in [1.165, 1.54) is 29.3 Å². The maximum atomic E-state index is 12.9. The molecule has 0 spiro atoms. The van der Waals surface area contributed by atoms with Gasteiger partial charge in [0, 0.05) is 11.8 Å². The molecule has 1 N–H and O–H groups in total. The highest BCUT2D eigenvalue weighted by Crippen LogP contribution is 2.46. The van der Waals surface area contributed by atoms with E-state index in [4.69, 9.17) is 4.74 Å². The van der Waals surface area contributed by atoms with Crippen molar-refractivity contribution in [2.24, 2.45) is 0 Å². The summed E-state index contributed by atoms with van der Waals surface area (Å²) in [7, 11) is 1.63. The first-order chi connectivity index (χ1) is 10.8. The molecule has 0 aromatic heterocycles. The summed E-state index contributed by atoms with van der Waals surface area (Å²) in [5, 5.41) is 1.46. The number of hydrazine groups is 1. The van der Waals surface area contributed by atoms with Crippen molar-refractivity contribution in [3.05, 3.63) is 34.2 Å². The molecule has 2 aliphatic rings. The number of nitrogens with one attached hydrogen (secondary N) is 1. The van der Waals surface area contributed by atoms with Gasteiger partial charge in [-0.25, -0.2) is 5.01 Å². The zero-order valence-electron chi connectivity index (χ0n) is 13.7. The Labute approximate surface area is 140 Å². The second-order valence-electron chi connectivity index (χ2n) is 6.48. The van der Waals surface area contributed by atoms with Crippen LogP contribution in [0.3, 0.4) is 0 Å². The number of hydrogen-bond acceptors (Lipinski definition) is 4. The predicted molar refractivity (Wildman–Crippen MR) is 88.9 cm³/mol. The van der Waals surface area contributed by atoms with E-state index in [2.05, 4.69) is 11.5 Å². The summed E-state index contributed by atoms with van der Waals surface area (Å²) in [6.07, 6.45) is 1.51.